The Morgan fingerprint density at radius 2 is 2.15 bits per heavy atom. The molecule has 2 aromatic carbocycles. The second-order valence-electron chi connectivity index (χ2n) is 6.02. The summed E-state index contributed by atoms with van der Waals surface area (Å²) in [6, 6.07) is 12.8. The molecule has 3 rings (SSSR count). The van der Waals surface area contributed by atoms with Crippen molar-refractivity contribution in [1.29, 1.82) is 0 Å². The Hall–Kier alpha value is -2.37. The summed E-state index contributed by atoms with van der Waals surface area (Å²) in [5.74, 6) is 0.374. The number of benzene rings is 2. The fraction of sp³-hybridized carbons (Fsp3) is 0.238. The number of ether oxygens (including phenoxy) is 1. The zero-order valence-corrected chi connectivity index (χ0v) is 16.7. The van der Waals surface area contributed by atoms with Crippen molar-refractivity contribution in [2.45, 2.75) is 26.3 Å². The third kappa shape index (κ3) is 4.49. The van der Waals surface area contributed by atoms with Crippen molar-refractivity contribution in [3.05, 3.63) is 70.5 Å². The van der Waals surface area contributed by atoms with E-state index in [1.807, 2.05) is 34.9 Å². The second-order valence-corrected chi connectivity index (χ2v) is 7.43. The molecule has 6 heteroatoms. The fourth-order valence-electron chi connectivity index (χ4n) is 2.68. The highest BCUT2D eigenvalue weighted by atomic mass is 35.5. The van der Waals surface area contributed by atoms with Gasteiger partial charge in [0, 0.05) is 12.1 Å². The Morgan fingerprint density at radius 1 is 1.33 bits per heavy atom. The number of carbonyl (C=O) groups excluding carboxylic acids is 1. The van der Waals surface area contributed by atoms with E-state index in [4.69, 9.17) is 16.3 Å². The van der Waals surface area contributed by atoms with Crippen molar-refractivity contribution >= 4 is 39.1 Å². The predicted molar refractivity (Wildman–Crippen MR) is 112 cm³/mol. The van der Waals surface area contributed by atoms with Crippen LogP contribution in [0.4, 0.5) is 0 Å². The normalized spacial score (nSPS) is 11.7. The molecule has 0 aliphatic rings. The highest BCUT2D eigenvalue weighted by Crippen LogP contribution is 2.25. The first kappa shape index (κ1) is 19.4. The number of halogens is 1. The number of para-hydroxylation sites is 1. The number of rotatable bonds is 7. The molecule has 0 radical (unpaired) electrons. The van der Waals surface area contributed by atoms with E-state index in [2.05, 4.69) is 18.5 Å². The van der Waals surface area contributed by atoms with Crippen LogP contribution >= 0.6 is 22.9 Å². The van der Waals surface area contributed by atoms with Crippen LogP contribution in [0.3, 0.4) is 0 Å². The van der Waals surface area contributed by atoms with Gasteiger partial charge in [0.25, 0.3) is 5.91 Å². The summed E-state index contributed by atoms with van der Waals surface area (Å²) in [4.78, 5) is 17.7. The monoisotopic (exact) mass is 400 g/mol. The molecule has 0 unspecified atom stereocenters. The lowest BCUT2D eigenvalue weighted by Gasteiger charge is -2.06. The quantitative estimate of drug-likeness (QED) is 0.390. The van der Waals surface area contributed by atoms with Gasteiger partial charge in [0.1, 0.15) is 5.75 Å². The summed E-state index contributed by atoms with van der Waals surface area (Å²) in [6.45, 7) is 7.07. The molecular formula is C21H21ClN2O2S. The zero-order chi connectivity index (χ0) is 19.2. The summed E-state index contributed by atoms with van der Waals surface area (Å²) in [5.41, 5.74) is 1.37. The number of fused-ring (bicyclic) bond motifs is 1. The Balaban J connectivity index is 1.98. The van der Waals surface area contributed by atoms with E-state index in [-0.39, 0.29) is 5.91 Å². The Kier molecular flexibility index (Phi) is 6.48. The van der Waals surface area contributed by atoms with Crippen LogP contribution in [0.1, 0.15) is 30.1 Å². The van der Waals surface area contributed by atoms with Gasteiger partial charge in [-0.3, -0.25) is 4.79 Å². The van der Waals surface area contributed by atoms with Gasteiger partial charge in [-0.2, -0.15) is 4.99 Å². The highest BCUT2D eigenvalue weighted by Gasteiger charge is 2.11. The molecule has 0 spiro atoms. The van der Waals surface area contributed by atoms with Crippen molar-refractivity contribution in [1.82, 2.24) is 4.57 Å². The lowest BCUT2D eigenvalue weighted by molar-refractivity contribution is 0.0997. The van der Waals surface area contributed by atoms with E-state index >= 15 is 0 Å². The molecule has 0 aliphatic carbocycles. The number of amides is 1. The van der Waals surface area contributed by atoms with Gasteiger partial charge in [-0.1, -0.05) is 54.5 Å². The van der Waals surface area contributed by atoms with E-state index in [1.54, 1.807) is 18.2 Å². The molecule has 0 atom stereocenters. The van der Waals surface area contributed by atoms with Crippen LogP contribution in [-0.4, -0.2) is 17.1 Å². The Morgan fingerprint density at radius 3 is 2.93 bits per heavy atom. The smallest absolute Gasteiger partial charge is 0.279 e. The second kappa shape index (κ2) is 9.02. The molecule has 1 heterocycles. The van der Waals surface area contributed by atoms with Crippen LogP contribution in [0, 0.1) is 0 Å². The average molecular weight is 401 g/mol. The van der Waals surface area contributed by atoms with E-state index < -0.39 is 0 Å². The van der Waals surface area contributed by atoms with Crippen LogP contribution in [0.2, 0.25) is 5.02 Å². The number of hydrogen-bond donors (Lipinski definition) is 0. The summed E-state index contributed by atoms with van der Waals surface area (Å²) < 4.78 is 8.58. The molecule has 0 saturated heterocycles. The van der Waals surface area contributed by atoms with Crippen LogP contribution in [0.15, 0.2) is 60.1 Å². The van der Waals surface area contributed by atoms with Gasteiger partial charge < -0.3 is 9.30 Å². The highest BCUT2D eigenvalue weighted by molar-refractivity contribution is 7.16. The molecule has 0 saturated carbocycles. The first-order chi connectivity index (χ1) is 13.1. The zero-order valence-electron chi connectivity index (χ0n) is 15.2. The SMILES string of the molecule is C=CCn1c(=NC(=O)c2cccc(OCCCC)c2)sc2cccc(Cl)c21. The average Bonchev–Trinajstić information content (AvgIpc) is 3.01. The van der Waals surface area contributed by atoms with Gasteiger partial charge in [-0.25, -0.2) is 0 Å². The van der Waals surface area contributed by atoms with E-state index in [9.17, 15) is 4.79 Å². The standard InChI is InChI=1S/C21H21ClN2O2S/c1-3-5-13-26-16-9-6-8-15(14-16)20(25)23-21-24(12-4-2)19-17(22)10-7-11-18(19)27-21/h4,6-11,14H,2-3,5,12-13H2,1H3. The molecule has 27 heavy (non-hydrogen) atoms. The van der Waals surface area contributed by atoms with Gasteiger partial charge in [0.05, 0.1) is 21.8 Å². The minimum absolute atomic E-state index is 0.309. The molecule has 1 amide bonds. The van der Waals surface area contributed by atoms with E-state index in [0.29, 0.717) is 34.3 Å². The first-order valence-corrected chi connectivity index (χ1v) is 10.0. The minimum atomic E-state index is -0.309. The van der Waals surface area contributed by atoms with Crippen LogP contribution in [-0.2, 0) is 6.54 Å². The maximum atomic E-state index is 12.7. The number of allylic oxidation sites excluding steroid dienone is 1. The summed E-state index contributed by atoms with van der Waals surface area (Å²) >= 11 is 7.79. The van der Waals surface area contributed by atoms with Gasteiger partial charge >= 0.3 is 0 Å². The fourth-order valence-corrected chi connectivity index (χ4v) is 4.07. The molecule has 0 bridgehead atoms. The van der Waals surface area contributed by atoms with Crippen molar-refractivity contribution in [3.63, 3.8) is 0 Å². The topological polar surface area (TPSA) is 43.6 Å². The first-order valence-electron chi connectivity index (χ1n) is 8.84. The third-order valence-electron chi connectivity index (χ3n) is 4.01. The van der Waals surface area contributed by atoms with Crippen LogP contribution < -0.4 is 9.54 Å². The molecule has 140 valence electrons. The molecular weight excluding hydrogens is 380 g/mol. The molecule has 0 N–H and O–H groups in total. The van der Waals surface area contributed by atoms with E-state index in [0.717, 1.165) is 23.1 Å². The number of aromatic nitrogens is 1. The van der Waals surface area contributed by atoms with Crippen molar-refractivity contribution < 1.29 is 9.53 Å². The third-order valence-corrected chi connectivity index (χ3v) is 5.36. The molecule has 0 aliphatic heterocycles. The predicted octanol–water partition coefficient (Wildman–Crippen LogP) is 5.46. The molecule has 0 fully saturated rings. The minimum Gasteiger partial charge on any atom is -0.494 e. The lowest BCUT2D eigenvalue weighted by Crippen LogP contribution is -2.16. The number of thiazole rings is 1. The number of unbranched alkanes of at least 4 members (excludes halogenated alkanes) is 1. The number of nitrogens with zero attached hydrogens (tertiary/aromatic N) is 2. The van der Waals surface area contributed by atoms with Crippen molar-refractivity contribution in [2.75, 3.05) is 6.61 Å². The summed E-state index contributed by atoms with van der Waals surface area (Å²) in [7, 11) is 0. The molecule has 4 nitrogen and oxygen atoms in total. The van der Waals surface area contributed by atoms with Crippen molar-refractivity contribution in [2.24, 2.45) is 4.99 Å². The van der Waals surface area contributed by atoms with Crippen LogP contribution in [0.25, 0.3) is 10.2 Å². The van der Waals surface area contributed by atoms with Crippen molar-refractivity contribution in [3.8, 4) is 5.75 Å². The largest absolute Gasteiger partial charge is 0.494 e. The molecule has 1 aromatic heterocycles. The van der Waals surface area contributed by atoms with Gasteiger partial charge in [-0.05, 0) is 36.8 Å². The van der Waals surface area contributed by atoms with Gasteiger partial charge in [0.2, 0.25) is 0 Å². The lowest BCUT2D eigenvalue weighted by atomic mass is 10.2. The number of hydrogen-bond acceptors (Lipinski definition) is 3. The summed E-state index contributed by atoms with van der Waals surface area (Å²) in [6.07, 6.45) is 3.81. The van der Waals surface area contributed by atoms with E-state index in [1.165, 1.54) is 11.3 Å². The molecule has 3 aromatic rings. The number of carbonyl (C=O) groups is 1. The Bertz CT molecular complexity index is 1040. The van der Waals surface area contributed by atoms with Gasteiger partial charge in [-0.15, -0.1) is 6.58 Å². The van der Waals surface area contributed by atoms with Crippen LogP contribution in [0.5, 0.6) is 5.75 Å². The Labute approximate surface area is 167 Å². The summed E-state index contributed by atoms with van der Waals surface area (Å²) in [5, 5.41) is 0.630. The van der Waals surface area contributed by atoms with Gasteiger partial charge in [0.15, 0.2) is 4.80 Å². The maximum Gasteiger partial charge on any atom is 0.279 e. The maximum absolute atomic E-state index is 12.7.